The third kappa shape index (κ3) is 7.06. The van der Waals surface area contributed by atoms with Crippen LogP contribution in [-0.2, 0) is 14.8 Å². The molecule has 0 fully saturated rings. The molecule has 1 amide bonds. The van der Waals surface area contributed by atoms with Crippen LogP contribution < -0.4 is 10.1 Å². The number of hydrogen-bond acceptors (Lipinski definition) is 5. The fourth-order valence-corrected chi connectivity index (χ4v) is 4.09. The Bertz CT molecular complexity index is 977. The van der Waals surface area contributed by atoms with E-state index in [2.05, 4.69) is 18.5 Å². The van der Waals surface area contributed by atoms with E-state index in [1.54, 1.807) is 36.4 Å². The average molecular weight is 445 g/mol. The normalized spacial score (nSPS) is 11.2. The summed E-state index contributed by atoms with van der Waals surface area (Å²) in [6.07, 6.45) is 3.04. The molecule has 0 aliphatic rings. The molecule has 166 valence electrons. The predicted octanol–water partition coefficient (Wildman–Crippen LogP) is 3.72. The number of carbonyl (C=O) groups excluding carboxylic acids is 1. The summed E-state index contributed by atoms with van der Waals surface area (Å²) in [6, 6.07) is 12.8. The second-order valence-electron chi connectivity index (χ2n) is 6.45. The molecule has 1 N–H and O–H groups in total. The fourth-order valence-electron chi connectivity index (χ4n) is 2.71. The summed E-state index contributed by atoms with van der Waals surface area (Å²) in [5.41, 5.74) is 0.902. The van der Waals surface area contributed by atoms with Gasteiger partial charge in [0.1, 0.15) is 12.4 Å². The Hall–Kier alpha value is -2.94. The van der Waals surface area contributed by atoms with E-state index >= 15 is 0 Å². The van der Waals surface area contributed by atoms with Crippen molar-refractivity contribution in [3.05, 3.63) is 79.4 Å². The molecular weight excluding hydrogens is 416 g/mol. The van der Waals surface area contributed by atoms with Crippen LogP contribution in [-0.4, -0.2) is 51.5 Å². The van der Waals surface area contributed by atoms with Gasteiger partial charge in [0.05, 0.1) is 11.5 Å². The number of nitrogens with one attached hydrogen (secondary N) is 1. The molecule has 0 unspecified atom stereocenters. The van der Waals surface area contributed by atoms with Crippen LogP contribution in [0.4, 0.5) is 5.69 Å². The maximum atomic E-state index is 12.8. The maximum absolute atomic E-state index is 12.8. The van der Waals surface area contributed by atoms with E-state index in [4.69, 9.17) is 9.47 Å². The largest absolute Gasteiger partial charge is 0.491 e. The van der Waals surface area contributed by atoms with Gasteiger partial charge in [0.25, 0.3) is 5.91 Å². The topological polar surface area (TPSA) is 84.9 Å². The number of rotatable bonds is 13. The molecule has 2 rings (SSSR count). The Morgan fingerprint density at radius 3 is 2.35 bits per heavy atom. The molecule has 0 spiro atoms. The van der Waals surface area contributed by atoms with Crippen molar-refractivity contribution in [2.24, 2.45) is 0 Å². The highest BCUT2D eigenvalue weighted by molar-refractivity contribution is 7.89. The van der Waals surface area contributed by atoms with Gasteiger partial charge >= 0.3 is 0 Å². The molecule has 0 saturated heterocycles. The Kier molecular flexibility index (Phi) is 9.45. The minimum absolute atomic E-state index is 0.124. The van der Waals surface area contributed by atoms with Crippen LogP contribution in [0.2, 0.25) is 0 Å². The van der Waals surface area contributed by atoms with E-state index in [1.807, 2.05) is 6.92 Å². The number of ether oxygens (including phenoxy) is 2. The van der Waals surface area contributed by atoms with Crippen molar-refractivity contribution in [3.63, 3.8) is 0 Å². The number of carbonyl (C=O) groups is 1. The zero-order valence-corrected chi connectivity index (χ0v) is 18.4. The molecule has 8 heteroatoms. The summed E-state index contributed by atoms with van der Waals surface area (Å²) in [7, 11) is -3.69. The third-order valence-electron chi connectivity index (χ3n) is 4.21. The highest BCUT2D eigenvalue weighted by Crippen LogP contribution is 2.20. The zero-order valence-electron chi connectivity index (χ0n) is 17.6. The fraction of sp³-hybridized carbons (Fsp3) is 0.261. The van der Waals surface area contributed by atoms with Crippen LogP contribution >= 0.6 is 0 Å². The number of hydrogen-bond donors (Lipinski definition) is 1. The van der Waals surface area contributed by atoms with Crippen molar-refractivity contribution in [2.45, 2.75) is 11.8 Å². The smallest absolute Gasteiger partial charge is 0.255 e. The van der Waals surface area contributed by atoms with Gasteiger partial charge in [-0.3, -0.25) is 4.79 Å². The summed E-state index contributed by atoms with van der Waals surface area (Å²) in [6.45, 7) is 10.9. The van der Waals surface area contributed by atoms with Crippen molar-refractivity contribution < 1.29 is 22.7 Å². The summed E-state index contributed by atoms with van der Waals surface area (Å²) in [4.78, 5) is 12.7. The number of sulfonamides is 1. The van der Waals surface area contributed by atoms with Gasteiger partial charge in [0.15, 0.2) is 0 Å². The van der Waals surface area contributed by atoms with Crippen LogP contribution in [0, 0.1) is 0 Å². The first-order valence-electron chi connectivity index (χ1n) is 9.86. The number of amides is 1. The Morgan fingerprint density at radius 1 is 1.06 bits per heavy atom. The van der Waals surface area contributed by atoms with Crippen LogP contribution in [0.3, 0.4) is 0 Å². The minimum Gasteiger partial charge on any atom is -0.491 e. The van der Waals surface area contributed by atoms with Gasteiger partial charge in [0.2, 0.25) is 10.0 Å². The Labute approximate surface area is 184 Å². The molecule has 0 aliphatic carbocycles. The first-order valence-corrected chi connectivity index (χ1v) is 11.3. The molecule has 0 atom stereocenters. The van der Waals surface area contributed by atoms with Gasteiger partial charge in [-0.25, -0.2) is 8.42 Å². The Balaban J connectivity index is 2.06. The van der Waals surface area contributed by atoms with Crippen molar-refractivity contribution in [1.82, 2.24) is 4.31 Å². The number of benzene rings is 2. The lowest BCUT2D eigenvalue weighted by atomic mass is 10.2. The monoisotopic (exact) mass is 444 g/mol. The number of anilines is 1. The van der Waals surface area contributed by atoms with E-state index in [-0.39, 0.29) is 23.9 Å². The highest BCUT2D eigenvalue weighted by Gasteiger charge is 2.22. The minimum atomic E-state index is -3.69. The molecular formula is C23H28N2O5S. The third-order valence-corrected chi connectivity index (χ3v) is 6.06. The first-order chi connectivity index (χ1) is 14.9. The predicted molar refractivity (Wildman–Crippen MR) is 122 cm³/mol. The van der Waals surface area contributed by atoms with E-state index in [0.717, 1.165) is 0 Å². The van der Waals surface area contributed by atoms with E-state index in [9.17, 15) is 13.2 Å². The van der Waals surface area contributed by atoms with Crippen LogP contribution in [0.5, 0.6) is 5.75 Å². The lowest BCUT2D eigenvalue weighted by Gasteiger charge is -2.19. The van der Waals surface area contributed by atoms with Crippen molar-refractivity contribution >= 4 is 21.6 Å². The van der Waals surface area contributed by atoms with Crippen LogP contribution in [0.15, 0.2) is 78.7 Å². The molecule has 2 aromatic rings. The molecule has 0 radical (unpaired) electrons. The average Bonchev–Trinajstić information content (AvgIpc) is 2.77. The first kappa shape index (κ1) is 24.3. The van der Waals surface area contributed by atoms with Gasteiger partial charge in [-0.2, -0.15) is 4.31 Å². The molecule has 0 aromatic heterocycles. The molecule has 0 saturated carbocycles. The van der Waals surface area contributed by atoms with E-state index in [1.165, 1.54) is 28.6 Å². The maximum Gasteiger partial charge on any atom is 0.255 e. The van der Waals surface area contributed by atoms with Gasteiger partial charge in [-0.15, -0.1) is 13.2 Å². The summed E-state index contributed by atoms with van der Waals surface area (Å²) in [5, 5.41) is 2.76. The molecule has 0 bridgehead atoms. The lowest BCUT2D eigenvalue weighted by molar-refractivity contribution is 0.102. The van der Waals surface area contributed by atoms with Crippen molar-refractivity contribution in [3.8, 4) is 5.75 Å². The van der Waals surface area contributed by atoms with E-state index < -0.39 is 10.0 Å². The van der Waals surface area contributed by atoms with Crippen molar-refractivity contribution in [2.75, 3.05) is 38.2 Å². The standard InChI is InChI=1S/C23H28N2O5S/c1-4-14-25(15-5-2)31(27,28)22-12-10-20(11-13-22)24-23(26)19-8-7-9-21(18-19)30-17-16-29-6-3/h4-5,7-13,18H,1-2,6,14-17H2,3H3,(H,24,26). The van der Waals surface area contributed by atoms with E-state index in [0.29, 0.717) is 36.8 Å². The second kappa shape index (κ2) is 12.0. The van der Waals surface area contributed by atoms with Gasteiger partial charge in [0, 0.05) is 30.9 Å². The zero-order chi connectivity index (χ0) is 22.7. The highest BCUT2D eigenvalue weighted by atomic mass is 32.2. The summed E-state index contributed by atoms with van der Waals surface area (Å²) >= 11 is 0. The molecule has 31 heavy (non-hydrogen) atoms. The Morgan fingerprint density at radius 2 is 1.74 bits per heavy atom. The number of nitrogens with zero attached hydrogens (tertiary/aromatic N) is 1. The SMILES string of the molecule is C=CCN(CC=C)S(=O)(=O)c1ccc(NC(=O)c2cccc(OCCOCC)c2)cc1. The second-order valence-corrected chi connectivity index (χ2v) is 8.39. The van der Waals surface area contributed by atoms with Crippen molar-refractivity contribution in [1.29, 1.82) is 0 Å². The molecule has 7 nitrogen and oxygen atoms in total. The summed E-state index contributed by atoms with van der Waals surface area (Å²) in [5.74, 6) is 0.240. The van der Waals surface area contributed by atoms with Crippen LogP contribution in [0.1, 0.15) is 17.3 Å². The van der Waals surface area contributed by atoms with Gasteiger partial charge in [-0.1, -0.05) is 18.2 Å². The molecule has 2 aromatic carbocycles. The molecule has 0 heterocycles. The lowest BCUT2D eigenvalue weighted by Crippen LogP contribution is -2.31. The van der Waals surface area contributed by atoms with Gasteiger partial charge < -0.3 is 14.8 Å². The van der Waals surface area contributed by atoms with Crippen LogP contribution in [0.25, 0.3) is 0 Å². The molecule has 0 aliphatic heterocycles. The quantitative estimate of drug-likeness (QED) is 0.376. The van der Waals surface area contributed by atoms with Gasteiger partial charge in [-0.05, 0) is 49.4 Å². The summed E-state index contributed by atoms with van der Waals surface area (Å²) < 4.78 is 37.6.